The Labute approximate surface area is 59.6 Å². The van der Waals surface area contributed by atoms with Crippen molar-refractivity contribution in [3.05, 3.63) is 35.9 Å². The third-order valence-corrected chi connectivity index (χ3v) is 1.74. The zero-order chi connectivity index (χ0) is 5.82. The van der Waals surface area contributed by atoms with Crippen LogP contribution in [0.1, 0.15) is 5.56 Å². The Morgan fingerprint density at radius 3 is 2.12 bits per heavy atom. The summed E-state index contributed by atoms with van der Waals surface area (Å²) in [5, 5.41) is 0. The van der Waals surface area contributed by atoms with Gasteiger partial charge in [0.05, 0.1) is 0 Å². The second-order valence-electron chi connectivity index (χ2n) is 1.47. The summed E-state index contributed by atoms with van der Waals surface area (Å²) in [6, 6.07) is 10.1. The molecule has 8 heavy (non-hydrogen) atoms. The molecule has 0 aliphatic carbocycles. The molecule has 1 aromatic rings. The third kappa shape index (κ3) is 1.33. The predicted octanol–water partition coefficient (Wildman–Crippen LogP) is 1.54. The van der Waals surface area contributed by atoms with E-state index in [9.17, 15) is 0 Å². The SMILES string of the molecule is [W+]#[C]c1ccccc1. The van der Waals surface area contributed by atoms with Crippen LogP contribution < -0.4 is 0 Å². The fourth-order valence-corrected chi connectivity index (χ4v) is 0.995. The van der Waals surface area contributed by atoms with E-state index in [0.29, 0.717) is 0 Å². The molecule has 0 aliphatic rings. The second kappa shape index (κ2) is 2.87. The van der Waals surface area contributed by atoms with Gasteiger partial charge in [-0.05, 0) is 0 Å². The normalized spacial score (nSPS) is 7.88. The molecule has 0 spiro atoms. The minimum atomic E-state index is 1.20. The van der Waals surface area contributed by atoms with Gasteiger partial charge in [-0.2, -0.15) is 0 Å². The first kappa shape index (κ1) is 5.82. The Kier molecular flexibility index (Phi) is 2.09. The van der Waals surface area contributed by atoms with Crippen LogP contribution in [-0.2, 0) is 19.2 Å². The molecule has 0 unspecified atom stereocenters. The summed E-state index contributed by atoms with van der Waals surface area (Å²) in [6.07, 6.45) is 0. The summed E-state index contributed by atoms with van der Waals surface area (Å²) in [6.45, 7) is 0. The van der Waals surface area contributed by atoms with E-state index in [0.717, 1.165) is 0 Å². The standard InChI is InChI=1S/C7H5.W/c1-7-5-3-2-4-6-7;/h2-6H;/q;+1. The van der Waals surface area contributed by atoms with E-state index >= 15 is 0 Å². The van der Waals surface area contributed by atoms with Crippen LogP contribution in [0.3, 0.4) is 0 Å². The van der Waals surface area contributed by atoms with Crippen LogP contribution in [0.4, 0.5) is 0 Å². The molecule has 0 aromatic heterocycles. The molecule has 0 saturated carbocycles. The van der Waals surface area contributed by atoms with Crippen molar-refractivity contribution < 1.29 is 19.2 Å². The van der Waals surface area contributed by atoms with Gasteiger partial charge in [0, 0.05) is 0 Å². The van der Waals surface area contributed by atoms with Crippen LogP contribution in [0.5, 0.6) is 0 Å². The van der Waals surface area contributed by atoms with Crippen LogP contribution in [0.25, 0.3) is 0 Å². The average molecular weight is 273 g/mol. The minimum absolute atomic E-state index is 1.20. The summed E-state index contributed by atoms with van der Waals surface area (Å²) in [5.74, 6) is 0. The molecule has 1 heteroatoms. The van der Waals surface area contributed by atoms with Crippen molar-refractivity contribution in [1.29, 1.82) is 0 Å². The van der Waals surface area contributed by atoms with Gasteiger partial charge in [-0.15, -0.1) is 0 Å². The van der Waals surface area contributed by atoms with Crippen LogP contribution in [0.2, 0.25) is 0 Å². The zero-order valence-corrected chi connectivity index (χ0v) is 7.23. The van der Waals surface area contributed by atoms with Gasteiger partial charge in [0.15, 0.2) is 0 Å². The fraction of sp³-hybridized carbons (Fsp3) is 0. The number of hydrogen-bond acceptors (Lipinski definition) is 0. The Balaban J connectivity index is 3.05. The van der Waals surface area contributed by atoms with Gasteiger partial charge in [-0.3, -0.25) is 0 Å². The van der Waals surface area contributed by atoms with Crippen molar-refractivity contribution in [2.45, 2.75) is 0 Å². The molecule has 0 radical (unpaired) electrons. The number of rotatable bonds is 0. The Morgan fingerprint density at radius 1 is 1.12 bits per heavy atom. The number of benzene rings is 1. The maximum atomic E-state index is 3.11. The van der Waals surface area contributed by atoms with Crippen LogP contribution >= 0.6 is 0 Å². The van der Waals surface area contributed by atoms with Crippen molar-refractivity contribution in [3.63, 3.8) is 0 Å². The molecule has 0 amide bonds. The monoisotopic (exact) mass is 273 g/mol. The first-order chi connectivity index (χ1) is 3.93. The molecule has 0 aliphatic heterocycles. The van der Waals surface area contributed by atoms with E-state index < -0.39 is 0 Å². The Hall–Kier alpha value is -0.312. The van der Waals surface area contributed by atoms with Crippen molar-refractivity contribution in [3.8, 4) is 4.20 Å². The predicted molar refractivity (Wildman–Crippen MR) is 29.4 cm³/mol. The summed E-state index contributed by atoms with van der Waals surface area (Å²) in [4.78, 5) is 0. The van der Waals surface area contributed by atoms with Gasteiger partial charge < -0.3 is 0 Å². The van der Waals surface area contributed by atoms with Crippen LogP contribution in [0, 0.1) is 4.20 Å². The summed E-state index contributed by atoms with van der Waals surface area (Å²) >= 11 is 1.38. The molecule has 0 fully saturated rings. The van der Waals surface area contributed by atoms with Crippen molar-refractivity contribution in [2.75, 3.05) is 0 Å². The summed E-state index contributed by atoms with van der Waals surface area (Å²) in [5.41, 5.74) is 1.20. The molecular formula is C7H5W+. The van der Waals surface area contributed by atoms with Gasteiger partial charge in [0.2, 0.25) is 0 Å². The molecular weight excluding hydrogens is 268 g/mol. The van der Waals surface area contributed by atoms with E-state index in [1.54, 1.807) is 0 Å². The van der Waals surface area contributed by atoms with E-state index in [4.69, 9.17) is 0 Å². The molecule has 0 bridgehead atoms. The van der Waals surface area contributed by atoms with Crippen molar-refractivity contribution in [1.82, 2.24) is 0 Å². The van der Waals surface area contributed by atoms with E-state index in [-0.39, 0.29) is 0 Å². The molecule has 1 aromatic carbocycles. The first-order valence-corrected chi connectivity index (χ1v) is 3.83. The zero-order valence-electron chi connectivity index (χ0n) is 4.29. The van der Waals surface area contributed by atoms with Crippen LogP contribution in [0.15, 0.2) is 30.3 Å². The van der Waals surface area contributed by atoms with Gasteiger partial charge in [0.1, 0.15) is 0 Å². The fourth-order valence-electron chi connectivity index (χ4n) is 0.506. The van der Waals surface area contributed by atoms with Gasteiger partial charge in [0.25, 0.3) is 0 Å². The molecule has 0 saturated heterocycles. The van der Waals surface area contributed by atoms with Gasteiger partial charge in [-0.1, -0.05) is 0 Å². The van der Waals surface area contributed by atoms with Crippen molar-refractivity contribution in [2.24, 2.45) is 0 Å². The van der Waals surface area contributed by atoms with E-state index in [1.807, 2.05) is 30.3 Å². The summed E-state index contributed by atoms with van der Waals surface area (Å²) < 4.78 is 3.11. The molecule has 38 valence electrons. The second-order valence-corrected chi connectivity index (χ2v) is 2.20. The van der Waals surface area contributed by atoms with Crippen molar-refractivity contribution >= 4 is 0 Å². The molecule has 1 rings (SSSR count). The first-order valence-electron chi connectivity index (χ1n) is 2.36. The van der Waals surface area contributed by atoms with E-state index in [2.05, 4.69) is 4.20 Å². The molecule has 0 N–H and O–H groups in total. The van der Waals surface area contributed by atoms with Gasteiger partial charge >= 0.3 is 59.3 Å². The van der Waals surface area contributed by atoms with E-state index in [1.165, 1.54) is 24.7 Å². The molecule has 0 atom stereocenters. The van der Waals surface area contributed by atoms with Gasteiger partial charge in [-0.25, -0.2) is 0 Å². The third-order valence-electron chi connectivity index (χ3n) is 0.892. The topological polar surface area (TPSA) is 0 Å². The quantitative estimate of drug-likeness (QED) is 0.672. The Bertz CT molecular complexity index is 195. The van der Waals surface area contributed by atoms with Crippen LogP contribution in [-0.4, -0.2) is 0 Å². The number of hydrogen-bond donors (Lipinski definition) is 0. The Morgan fingerprint density at radius 2 is 1.75 bits per heavy atom. The maximum absolute atomic E-state index is 3.11. The molecule has 0 heterocycles. The summed E-state index contributed by atoms with van der Waals surface area (Å²) in [7, 11) is 0. The molecule has 0 nitrogen and oxygen atoms in total. The average Bonchev–Trinajstić information content (AvgIpc) is 1.90.